The average molecular weight is 252 g/mol. The summed E-state index contributed by atoms with van der Waals surface area (Å²) >= 11 is 0. The third-order valence-corrected chi connectivity index (χ3v) is 4.89. The second-order valence-corrected chi connectivity index (χ2v) is 6.66. The van der Waals surface area contributed by atoms with Crippen LogP contribution in [0.25, 0.3) is 0 Å². The van der Waals surface area contributed by atoms with Crippen LogP contribution in [0.5, 0.6) is 0 Å². The van der Waals surface area contributed by atoms with Gasteiger partial charge in [0.05, 0.1) is 5.41 Å². The average Bonchev–Trinajstić information content (AvgIpc) is 2.80. The Morgan fingerprint density at radius 3 is 2.67 bits per heavy atom. The van der Waals surface area contributed by atoms with Crippen LogP contribution >= 0.6 is 0 Å². The van der Waals surface area contributed by atoms with Crippen LogP contribution in [0.4, 0.5) is 0 Å². The maximum atomic E-state index is 12.1. The van der Waals surface area contributed by atoms with E-state index in [4.69, 9.17) is 0 Å². The Morgan fingerprint density at radius 1 is 1.33 bits per heavy atom. The second kappa shape index (κ2) is 6.05. The number of amides is 1. The van der Waals surface area contributed by atoms with E-state index in [-0.39, 0.29) is 11.3 Å². The lowest BCUT2D eigenvalue weighted by atomic mass is 9.81. The van der Waals surface area contributed by atoms with Gasteiger partial charge in [0.1, 0.15) is 0 Å². The quantitative estimate of drug-likeness (QED) is 0.806. The molecule has 1 saturated heterocycles. The topological polar surface area (TPSA) is 41.1 Å². The number of hydrogen-bond donors (Lipinski definition) is 2. The first-order valence-electron chi connectivity index (χ1n) is 7.59. The molecule has 0 aromatic rings. The highest BCUT2D eigenvalue weighted by Gasteiger charge is 2.35. The number of carbonyl (C=O) groups excluding carboxylic acids is 1. The Bertz CT molecular complexity index is 276. The highest BCUT2D eigenvalue weighted by molar-refractivity contribution is 5.82. The lowest BCUT2D eigenvalue weighted by Crippen LogP contribution is -2.41. The minimum atomic E-state index is -0.166. The minimum Gasteiger partial charge on any atom is -0.356 e. The van der Waals surface area contributed by atoms with Crippen molar-refractivity contribution in [2.45, 2.75) is 52.4 Å². The fraction of sp³-hybridized carbons (Fsp3) is 0.933. The highest BCUT2D eigenvalue weighted by Crippen LogP contribution is 2.30. The molecular weight excluding hydrogens is 224 g/mol. The largest absolute Gasteiger partial charge is 0.356 e. The van der Waals surface area contributed by atoms with Crippen LogP contribution < -0.4 is 10.6 Å². The normalized spacial score (nSPS) is 36.6. The molecule has 0 radical (unpaired) electrons. The summed E-state index contributed by atoms with van der Waals surface area (Å²) in [7, 11) is 0. The molecule has 2 N–H and O–H groups in total. The molecule has 0 aromatic carbocycles. The van der Waals surface area contributed by atoms with Crippen LogP contribution in [-0.2, 0) is 4.79 Å². The van der Waals surface area contributed by atoms with Crippen molar-refractivity contribution in [2.75, 3.05) is 19.6 Å². The molecule has 2 fully saturated rings. The summed E-state index contributed by atoms with van der Waals surface area (Å²) in [5, 5.41) is 6.42. The van der Waals surface area contributed by atoms with E-state index in [1.165, 1.54) is 32.1 Å². The van der Waals surface area contributed by atoms with E-state index in [2.05, 4.69) is 24.5 Å². The maximum absolute atomic E-state index is 12.1. The van der Waals surface area contributed by atoms with E-state index < -0.39 is 0 Å². The molecule has 3 heteroatoms. The Morgan fingerprint density at radius 2 is 2.06 bits per heavy atom. The molecule has 0 aromatic heterocycles. The zero-order chi connectivity index (χ0) is 13.0. The third kappa shape index (κ3) is 3.47. The second-order valence-electron chi connectivity index (χ2n) is 6.66. The van der Waals surface area contributed by atoms with Crippen molar-refractivity contribution >= 4 is 5.91 Å². The Balaban J connectivity index is 1.64. The smallest absolute Gasteiger partial charge is 0.227 e. The van der Waals surface area contributed by atoms with Crippen LogP contribution in [0, 0.1) is 17.3 Å². The molecule has 1 aliphatic carbocycles. The molecular formula is C15H28N2O. The number of rotatable bonds is 4. The molecule has 0 bridgehead atoms. The zero-order valence-electron chi connectivity index (χ0n) is 11.9. The molecule has 2 aliphatic rings. The molecule has 1 heterocycles. The number of carbonyl (C=O) groups is 1. The first-order valence-corrected chi connectivity index (χ1v) is 7.59. The maximum Gasteiger partial charge on any atom is 0.227 e. The van der Waals surface area contributed by atoms with Gasteiger partial charge in [0.2, 0.25) is 5.91 Å². The molecule has 1 aliphatic heterocycles. The van der Waals surface area contributed by atoms with Crippen LogP contribution in [0.1, 0.15) is 52.4 Å². The molecule has 1 unspecified atom stereocenters. The molecule has 104 valence electrons. The van der Waals surface area contributed by atoms with E-state index in [9.17, 15) is 4.79 Å². The van der Waals surface area contributed by atoms with Crippen molar-refractivity contribution in [3.63, 3.8) is 0 Å². The molecule has 2 rings (SSSR count). The van der Waals surface area contributed by atoms with Crippen LogP contribution in [0.15, 0.2) is 0 Å². The van der Waals surface area contributed by atoms with Gasteiger partial charge in [-0.2, -0.15) is 0 Å². The van der Waals surface area contributed by atoms with Gasteiger partial charge >= 0.3 is 0 Å². The fourth-order valence-corrected chi connectivity index (χ4v) is 3.23. The SMILES string of the molecule is CC1CCC(CCNC(=O)C2(C)CCNC2)CC1. The van der Waals surface area contributed by atoms with Crippen LogP contribution in [-0.4, -0.2) is 25.5 Å². The van der Waals surface area contributed by atoms with E-state index in [1.807, 2.05) is 0 Å². The van der Waals surface area contributed by atoms with Gasteiger partial charge in [-0.1, -0.05) is 32.6 Å². The lowest BCUT2D eigenvalue weighted by molar-refractivity contribution is -0.129. The van der Waals surface area contributed by atoms with Crippen molar-refractivity contribution in [1.82, 2.24) is 10.6 Å². The summed E-state index contributed by atoms with van der Waals surface area (Å²) < 4.78 is 0. The highest BCUT2D eigenvalue weighted by atomic mass is 16.2. The summed E-state index contributed by atoms with van der Waals surface area (Å²) in [5.74, 6) is 2.01. The monoisotopic (exact) mass is 252 g/mol. The van der Waals surface area contributed by atoms with Gasteiger partial charge in [0.15, 0.2) is 0 Å². The minimum absolute atomic E-state index is 0.166. The number of nitrogens with one attached hydrogen (secondary N) is 2. The summed E-state index contributed by atoms with van der Waals surface area (Å²) in [6.45, 7) is 7.11. The van der Waals surface area contributed by atoms with Crippen LogP contribution in [0.2, 0.25) is 0 Å². The summed E-state index contributed by atoms with van der Waals surface area (Å²) in [4.78, 5) is 12.1. The summed E-state index contributed by atoms with van der Waals surface area (Å²) in [6.07, 6.45) is 7.61. The van der Waals surface area contributed by atoms with Crippen molar-refractivity contribution in [1.29, 1.82) is 0 Å². The molecule has 1 atom stereocenters. The molecule has 3 nitrogen and oxygen atoms in total. The van der Waals surface area contributed by atoms with Crippen molar-refractivity contribution in [3.05, 3.63) is 0 Å². The Labute approximate surface area is 111 Å². The van der Waals surface area contributed by atoms with Gasteiger partial charge in [-0.3, -0.25) is 4.79 Å². The van der Waals surface area contributed by atoms with Gasteiger partial charge in [0, 0.05) is 13.1 Å². The fourth-order valence-electron chi connectivity index (χ4n) is 3.23. The Kier molecular flexibility index (Phi) is 4.66. The van der Waals surface area contributed by atoms with Gasteiger partial charge in [0.25, 0.3) is 0 Å². The van der Waals surface area contributed by atoms with Gasteiger partial charge < -0.3 is 10.6 Å². The van der Waals surface area contributed by atoms with Crippen molar-refractivity contribution in [3.8, 4) is 0 Å². The number of hydrogen-bond acceptors (Lipinski definition) is 2. The van der Waals surface area contributed by atoms with E-state index in [0.29, 0.717) is 0 Å². The van der Waals surface area contributed by atoms with Crippen molar-refractivity contribution in [2.24, 2.45) is 17.3 Å². The first kappa shape index (κ1) is 13.9. The first-order chi connectivity index (χ1) is 8.60. The molecule has 0 spiro atoms. The predicted octanol–water partition coefficient (Wildman–Crippen LogP) is 2.32. The predicted molar refractivity (Wildman–Crippen MR) is 74.3 cm³/mol. The zero-order valence-corrected chi connectivity index (χ0v) is 11.9. The van der Waals surface area contributed by atoms with E-state index in [1.54, 1.807) is 0 Å². The van der Waals surface area contributed by atoms with E-state index in [0.717, 1.165) is 37.9 Å². The molecule has 1 saturated carbocycles. The van der Waals surface area contributed by atoms with E-state index >= 15 is 0 Å². The van der Waals surface area contributed by atoms with Gasteiger partial charge in [-0.05, 0) is 38.1 Å². The lowest BCUT2D eigenvalue weighted by Gasteiger charge is -2.27. The van der Waals surface area contributed by atoms with Crippen LogP contribution in [0.3, 0.4) is 0 Å². The molecule has 18 heavy (non-hydrogen) atoms. The Hall–Kier alpha value is -0.570. The van der Waals surface area contributed by atoms with Crippen molar-refractivity contribution < 1.29 is 4.79 Å². The summed E-state index contributed by atoms with van der Waals surface area (Å²) in [5.41, 5.74) is -0.166. The standard InChI is InChI=1S/C15H28N2O/c1-12-3-5-13(6-4-12)7-9-17-14(18)15(2)8-10-16-11-15/h12-13,16H,3-11H2,1-2H3,(H,17,18). The van der Waals surface area contributed by atoms with Gasteiger partial charge in [-0.25, -0.2) is 0 Å². The molecule has 1 amide bonds. The third-order valence-electron chi connectivity index (χ3n) is 4.89. The summed E-state index contributed by atoms with van der Waals surface area (Å²) in [6, 6.07) is 0. The van der Waals surface area contributed by atoms with Gasteiger partial charge in [-0.15, -0.1) is 0 Å².